The van der Waals surface area contributed by atoms with Crippen LogP contribution in [-0.2, 0) is 6.61 Å². The second kappa shape index (κ2) is 5.71. The second-order valence-corrected chi connectivity index (χ2v) is 4.27. The zero-order valence-electron chi connectivity index (χ0n) is 9.77. The number of hydrogen-bond donors (Lipinski definition) is 1. The zero-order chi connectivity index (χ0) is 13.8. The molecule has 0 aliphatic heterocycles. The maximum atomic E-state index is 13.0. The van der Waals surface area contributed by atoms with Gasteiger partial charge in [-0.05, 0) is 42.0 Å². The van der Waals surface area contributed by atoms with Gasteiger partial charge in [0.25, 0.3) is 0 Å². The molecule has 5 heteroatoms. The van der Waals surface area contributed by atoms with Gasteiger partial charge in [0, 0.05) is 0 Å². The van der Waals surface area contributed by atoms with E-state index in [9.17, 15) is 9.18 Å². The van der Waals surface area contributed by atoms with Crippen molar-refractivity contribution in [3.63, 3.8) is 0 Å². The number of carboxylic acid groups (broad SMARTS) is 1. The molecule has 0 heterocycles. The number of carboxylic acids is 1. The average Bonchev–Trinajstić information content (AvgIpc) is 2.40. The van der Waals surface area contributed by atoms with Crippen LogP contribution in [0.25, 0.3) is 0 Å². The monoisotopic (exact) mass is 280 g/mol. The van der Waals surface area contributed by atoms with Gasteiger partial charge in [0.2, 0.25) is 0 Å². The minimum absolute atomic E-state index is 0.0438. The van der Waals surface area contributed by atoms with E-state index in [1.165, 1.54) is 24.3 Å². The van der Waals surface area contributed by atoms with E-state index < -0.39 is 11.8 Å². The summed E-state index contributed by atoms with van der Waals surface area (Å²) in [7, 11) is 0. The SMILES string of the molecule is O=C(O)c1ccc(OCc2ccc(F)c(Cl)c2)cc1. The van der Waals surface area contributed by atoms with Crippen LogP contribution in [0.15, 0.2) is 42.5 Å². The molecule has 19 heavy (non-hydrogen) atoms. The summed E-state index contributed by atoms with van der Waals surface area (Å²) in [5.41, 5.74) is 0.922. The van der Waals surface area contributed by atoms with Gasteiger partial charge in [-0.2, -0.15) is 0 Å². The van der Waals surface area contributed by atoms with Crippen LogP contribution >= 0.6 is 11.6 Å². The lowest BCUT2D eigenvalue weighted by molar-refractivity contribution is 0.0697. The summed E-state index contributed by atoms with van der Waals surface area (Å²) in [4.78, 5) is 10.7. The Balaban J connectivity index is 2.01. The maximum Gasteiger partial charge on any atom is 0.335 e. The van der Waals surface area contributed by atoms with Crippen molar-refractivity contribution < 1.29 is 19.0 Å². The van der Waals surface area contributed by atoms with Crippen molar-refractivity contribution >= 4 is 17.6 Å². The Morgan fingerprint density at radius 3 is 2.47 bits per heavy atom. The predicted octanol–water partition coefficient (Wildman–Crippen LogP) is 3.76. The molecule has 2 rings (SSSR count). The maximum absolute atomic E-state index is 13.0. The fraction of sp³-hybridized carbons (Fsp3) is 0.0714. The topological polar surface area (TPSA) is 46.5 Å². The van der Waals surface area contributed by atoms with E-state index >= 15 is 0 Å². The number of halogens is 2. The summed E-state index contributed by atoms with van der Waals surface area (Å²) in [5, 5.41) is 8.79. The van der Waals surface area contributed by atoms with Crippen LogP contribution in [0.3, 0.4) is 0 Å². The molecule has 0 bridgehead atoms. The molecule has 0 aliphatic carbocycles. The van der Waals surface area contributed by atoms with Gasteiger partial charge in [0.05, 0.1) is 10.6 Å². The van der Waals surface area contributed by atoms with Gasteiger partial charge in [0.1, 0.15) is 18.2 Å². The second-order valence-electron chi connectivity index (χ2n) is 3.87. The Bertz CT molecular complexity index is 596. The summed E-state index contributed by atoms with van der Waals surface area (Å²) in [6.07, 6.45) is 0. The first-order valence-corrected chi connectivity index (χ1v) is 5.84. The van der Waals surface area contributed by atoms with Crippen molar-refractivity contribution in [2.24, 2.45) is 0 Å². The molecule has 0 saturated heterocycles. The summed E-state index contributed by atoms with van der Waals surface area (Å²) >= 11 is 5.66. The molecule has 2 aromatic carbocycles. The smallest absolute Gasteiger partial charge is 0.335 e. The van der Waals surface area contributed by atoms with Crippen molar-refractivity contribution in [1.29, 1.82) is 0 Å². The van der Waals surface area contributed by atoms with Gasteiger partial charge >= 0.3 is 5.97 Å². The van der Waals surface area contributed by atoms with Gasteiger partial charge in [-0.25, -0.2) is 9.18 Å². The first kappa shape index (κ1) is 13.4. The summed E-state index contributed by atoms with van der Waals surface area (Å²) in [6.45, 7) is 0.229. The van der Waals surface area contributed by atoms with Crippen molar-refractivity contribution in [2.75, 3.05) is 0 Å². The van der Waals surface area contributed by atoms with Crippen LogP contribution in [0, 0.1) is 5.82 Å². The molecule has 0 spiro atoms. The quantitative estimate of drug-likeness (QED) is 0.927. The van der Waals surface area contributed by atoms with Crippen LogP contribution in [0.4, 0.5) is 4.39 Å². The van der Waals surface area contributed by atoms with E-state index in [1.807, 2.05) is 0 Å². The Kier molecular flexibility index (Phi) is 4.02. The molecule has 0 fully saturated rings. The molecular formula is C14H10ClFO3. The summed E-state index contributed by atoms with van der Waals surface area (Å²) < 4.78 is 18.4. The third-order valence-electron chi connectivity index (χ3n) is 2.49. The number of aromatic carboxylic acids is 1. The van der Waals surface area contributed by atoms with Crippen LogP contribution < -0.4 is 4.74 Å². The number of hydrogen-bond acceptors (Lipinski definition) is 2. The third kappa shape index (κ3) is 3.45. The number of carbonyl (C=O) groups is 1. The van der Waals surface area contributed by atoms with E-state index in [-0.39, 0.29) is 17.2 Å². The van der Waals surface area contributed by atoms with E-state index in [2.05, 4.69) is 0 Å². The Morgan fingerprint density at radius 1 is 1.21 bits per heavy atom. The highest BCUT2D eigenvalue weighted by molar-refractivity contribution is 6.30. The third-order valence-corrected chi connectivity index (χ3v) is 2.78. The Hall–Kier alpha value is -2.07. The van der Waals surface area contributed by atoms with Gasteiger partial charge < -0.3 is 9.84 Å². The van der Waals surface area contributed by atoms with Gasteiger partial charge in [-0.1, -0.05) is 17.7 Å². The molecule has 0 aromatic heterocycles. The van der Waals surface area contributed by atoms with Gasteiger partial charge in [0.15, 0.2) is 0 Å². The lowest BCUT2D eigenvalue weighted by Gasteiger charge is -2.07. The van der Waals surface area contributed by atoms with E-state index in [1.54, 1.807) is 18.2 Å². The molecule has 0 saturated carbocycles. The van der Waals surface area contributed by atoms with Crippen molar-refractivity contribution in [2.45, 2.75) is 6.61 Å². The highest BCUT2D eigenvalue weighted by atomic mass is 35.5. The zero-order valence-corrected chi connectivity index (χ0v) is 10.5. The normalized spacial score (nSPS) is 10.2. The largest absolute Gasteiger partial charge is 0.489 e. The number of ether oxygens (including phenoxy) is 1. The molecule has 0 atom stereocenters. The molecular weight excluding hydrogens is 271 g/mol. The minimum atomic E-state index is -0.989. The van der Waals surface area contributed by atoms with Gasteiger partial charge in [-0.3, -0.25) is 0 Å². The molecule has 0 aliphatic rings. The summed E-state index contributed by atoms with van der Waals surface area (Å²) in [6, 6.07) is 10.4. The van der Waals surface area contributed by atoms with Gasteiger partial charge in [-0.15, -0.1) is 0 Å². The summed E-state index contributed by atoms with van der Waals surface area (Å²) in [5.74, 6) is -0.932. The van der Waals surface area contributed by atoms with Crippen molar-refractivity contribution in [1.82, 2.24) is 0 Å². The number of rotatable bonds is 4. The molecule has 0 radical (unpaired) electrons. The average molecular weight is 281 g/mol. The van der Waals surface area contributed by atoms with Crippen LogP contribution in [0.1, 0.15) is 15.9 Å². The lowest BCUT2D eigenvalue weighted by Crippen LogP contribution is -1.98. The first-order valence-electron chi connectivity index (χ1n) is 5.46. The molecule has 2 aromatic rings. The van der Waals surface area contributed by atoms with Crippen LogP contribution in [0.2, 0.25) is 5.02 Å². The fourth-order valence-corrected chi connectivity index (χ4v) is 1.69. The predicted molar refractivity (Wildman–Crippen MR) is 69.1 cm³/mol. The standard InChI is InChI=1S/C14H10ClFO3/c15-12-7-9(1-6-13(12)16)8-19-11-4-2-10(3-5-11)14(17)18/h1-7H,8H2,(H,17,18). The highest BCUT2D eigenvalue weighted by Crippen LogP contribution is 2.18. The minimum Gasteiger partial charge on any atom is -0.489 e. The van der Waals surface area contributed by atoms with Crippen LogP contribution in [0.5, 0.6) is 5.75 Å². The van der Waals surface area contributed by atoms with Crippen molar-refractivity contribution in [3.8, 4) is 5.75 Å². The fourth-order valence-electron chi connectivity index (χ4n) is 1.49. The first-order chi connectivity index (χ1) is 9.06. The lowest BCUT2D eigenvalue weighted by atomic mass is 10.2. The number of benzene rings is 2. The molecule has 3 nitrogen and oxygen atoms in total. The Labute approximate surface area is 114 Å². The van der Waals surface area contributed by atoms with Crippen LogP contribution in [-0.4, -0.2) is 11.1 Å². The molecule has 98 valence electrons. The molecule has 0 unspecified atom stereocenters. The molecule has 0 amide bonds. The highest BCUT2D eigenvalue weighted by Gasteiger charge is 2.04. The van der Waals surface area contributed by atoms with E-state index in [0.29, 0.717) is 5.75 Å². The van der Waals surface area contributed by atoms with Crippen molar-refractivity contribution in [3.05, 3.63) is 64.4 Å². The molecule has 1 N–H and O–H groups in total. The van der Waals surface area contributed by atoms with E-state index in [4.69, 9.17) is 21.4 Å². The van der Waals surface area contributed by atoms with E-state index in [0.717, 1.165) is 5.56 Å². The Morgan fingerprint density at radius 2 is 1.89 bits per heavy atom.